The lowest BCUT2D eigenvalue weighted by atomic mass is 10.1. The molecule has 1 N–H and O–H groups in total. The van der Waals surface area contributed by atoms with Gasteiger partial charge < -0.3 is 5.32 Å². The van der Waals surface area contributed by atoms with Crippen LogP contribution in [0.15, 0.2) is 24.3 Å². The number of fused-ring (bicyclic) bond motifs is 1. The fourth-order valence-electron chi connectivity index (χ4n) is 2.74. The van der Waals surface area contributed by atoms with Crippen molar-refractivity contribution in [2.24, 2.45) is 0 Å². The molecule has 0 radical (unpaired) electrons. The van der Waals surface area contributed by atoms with Crippen LogP contribution in [0.5, 0.6) is 0 Å². The lowest BCUT2D eigenvalue weighted by molar-refractivity contribution is 0.310. The van der Waals surface area contributed by atoms with Crippen LogP contribution in [0, 0.1) is 0 Å². The lowest BCUT2D eigenvalue weighted by Gasteiger charge is -2.39. The van der Waals surface area contributed by atoms with E-state index in [4.69, 9.17) is 0 Å². The molecule has 1 aliphatic rings. The Morgan fingerprint density at radius 2 is 1.84 bits per heavy atom. The summed E-state index contributed by atoms with van der Waals surface area (Å²) in [6.45, 7) is 6.43. The van der Waals surface area contributed by atoms with Crippen LogP contribution in [0.25, 0.3) is 11.0 Å². The third kappa shape index (κ3) is 2.30. The molecule has 2 aromatic rings. The zero-order chi connectivity index (χ0) is 13.2. The topological polar surface area (TPSA) is 46.0 Å². The van der Waals surface area contributed by atoms with Gasteiger partial charge in [-0.3, -0.25) is 5.01 Å². The van der Waals surface area contributed by atoms with Gasteiger partial charge in [-0.25, -0.2) is 0 Å². The number of benzene rings is 1. The van der Waals surface area contributed by atoms with Crippen molar-refractivity contribution in [3.63, 3.8) is 0 Å². The van der Waals surface area contributed by atoms with E-state index in [1.54, 1.807) is 0 Å². The SMILES string of the molecule is CC[C@@H]1CN(n2nnc3ccccc32)C[C@H](CC)N1. The first-order chi connectivity index (χ1) is 9.31. The molecule has 0 bridgehead atoms. The van der Waals surface area contributed by atoms with Crippen LogP contribution in [0.2, 0.25) is 0 Å². The molecule has 1 fully saturated rings. The monoisotopic (exact) mass is 259 g/mol. The van der Waals surface area contributed by atoms with Gasteiger partial charge in [0.1, 0.15) is 11.0 Å². The predicted octanol–water partition coefficient (Wildman–Crippen LogP) is 1.53. The Morgan fingerprint density at radius 3 is 2.53 bits per heavy atom. The maximum absolute atomic E-state index is 4.32. The van der Waals surface area contributed by atoms with Gasteiger partial charge in [-0.1, -0.05) is 26.0 Å². The summed E-state index contributed by atoms with van der Waals surface area (Å²) in [5.41, 5.74) is 2.05. The molecular weight excluding hydrogens is 238 g/mol. The fourth-order valence-corrected chi connectivity index (χ4v) is 2.74. The zero-order valence-corrected chi connectivity index (χ0v) is 11.6. The Morgan fingerprint density at radius 1 is 1.16 bits per heavy atom. The maximum Gasteiger partial charge on any atom is 0.115 e. The van der Waals surface area contributed by atoms with E-state index >= 15 is 0 Å². The van der Waals surface area contributed by atoms with Crippen molar-refractivity contribution in [2.75, 3.05) is 18.1 Å². The molecule has 1 saturated heterocycles. The molecule has 0 spiro atoms. The van der Waals surface area contributed by atoms with Crippen molar-refractivity contribution >= 4 is 11.0 Å². The lowest BCUT2D eigenvalue weighted by Crippen LogP contribution is -2.59. The minimum atomic E-state index is 0.529. The van der Waals surface area contributed by atoms with Crippen LogP contribution >= 0.6 is 0 Å². The average Bonchev–Trinajstić information content (AvgIpc) is 2.90. The summed E-state index contributed by atoms with van der Waals surface area (Å²) in [5.74, 6) is 0. The molecule has 1 aromatic heterocycles. The molecule has 5 heteroatoms. The van der Waals surface area contributed by atoms with Gasteiger partial charge in [0.15, 0.2) is 0 Å². The molecule has 0 aliphatic carbocycles. The molecule has 19 heavy (non-hydrogen) atoms. The Hall–Kier alpha value is -1.62. The van der Waals surface area contributed by atoms with Crippen LogP contribution in [0.3, 0.4) is 0 Å². The molecule has 0 saturated carbocycles. The number of nitrogens with one attached hydrogen (secondary N) is 1. The number of hydrogen-bond donors (Lipinski definition) is 1. The van der Waals surface area contributed by atoms with Crippen molar-refractivity contribution in [3.8, 4) is 0 Å². The van der Waals surface area contributed by atoms with Crippen LogP contribution < -0.4 is 10.3 Å². The van der Waals surface area contributed by atoms with Crippen molar-refractivity contribution in [1.82, 2.24) is 20.4 Å². The largest absolute Gasteiger partial charge is 0.308 e. The normalized spacial score (nSPS) is 24.0. The molecule has 0 amide bonds. The quantitative estimate of drug-likeness (QED) is 0.908. The summed E-state index contributed by atoms with van der Waals surface area (Å²) in [6, 6.07) is 9.19. The molecule has 1 aliphatic heterocycles. The highest BCUT2D eigenvalue weighted by molar-refractivity contribution is 5.74. The van der Waals surface area contributed by atoms with Gasteiger partial charge in [-0.2, -0.15) is 4.79 Å². The van der Waals surface area contributed by atoms with E-state index in [9.17, 15) is 0 Å². The fraction of sp³-hybridized carbons (Fsp3) is 0.571. The number of hydrogen-bond acceptors (Lipinski definition) is 4. The van der Waals surface area contributed by atoms with Crippen molar-refractivity contribution in [3.05, 3.63) is 24.3 Å². The van der Waals surface area contributed by atoms with E-state index in [1.165, 1.54) is 0 Å². The standard InChI is InChI=1S/C14H21N5/c1-3-11-9-18(10-12(4-2)15-11)19-14-8-6-5-7-13(14)16-17-19/h5-8,11-12,15H,3-4,9-10H2,1-2H3/t11-,12+. The second-order valence-corrected chi connectivity index (χ2v) is 5.22. The van der Waals surface area contributed by atoms with Gasteiger partial charge >= 0.3 is 0 Å². The van der Waals surface area contributed by atoms with Crippen LogP contribution in [-0.4, -0.2) is 40.3 Å². The Balaban J connectivity index is 1.91. The van der Waals surface area contributed by atoms with E-state index < -0.39 is 0 Å². The van der Waals surface area contributed by atoms with E-state index in [-0.39, 0.29) is 0 Å². The third-order valence-electron chi connectivity index (χ3n) is 3.92. The molecule has 5 nitrogen and oxygen atoms in total. The summed E-state index contributed by atoms with van der Waals surface area (Å²) >= 11 is 0. The smallest absolute Gasteiger partial charge is 0.115 e. The van der Waals surface area contributed by atoms with Gasteiger partial charge in [0, 0.05) is 12.1 Å². The first-order valence-electron chi connectivity index (χ1n) is 7.13. The van der Waals surface area contributed by atoms with Gasteiger partial charge in [0.25, 0.3) is 0 Å². The summed E-state index contributed by atoms with van der Waals surface area (Å²) in [7, 11) is 0. The van der Waals surface area contributed by atoms with Crippen molar-refractivity contribution in [1.29, 1.82) is 0 Å². The van der Waals surface area contributed by atoms with Crippen LogP contribution in [0.1, 0.15) is 26.7 Å². The highest BCUT2D eigenvalue weighted by Crippen LogP contribution is 2.14. The van der Waals surface area contributed by atoms with E-state index in [0.29, 0.717) is 12.1 Å². The number of para-hydroxylation sites is 1. The first kappa shape index (κ1) is 12.4. The van der Waals surface area contributed by atoms with E-state index in [1.807, 2.05) is 23.0 Å². The predicted molar refractivity (Wildman–Crippen MR) is 76.8 cm³/mol. The summed E-state index contributed by atoms with van der Waals surface area (Å²) < 4.78 is 0. The third-order valence-corrected chi connectivity index (χ3v) is 3.92. The van der Waals surface area contributed by atoms with Gasteiger partial charge in [0.05, 0.1) is 13.1 Å². The number of piperazine rings is 1. The van der Waals surface area contributed by atoms with E-state index in [2.05, 4.69) is 40.6 Å². The maximum atomic E-state index is 4.32. The second-order valence-electron chi connectivity index (χ2n) is 5.22. The molecule has 1 aromatic carbocycles. The molecule has 2 atom stereocenters. The molecule has 102 valence electrons. The number of nitrogens with zero attached hydrogens (tertiary/aromatic N) is 4. The minimum Gasteiger partial charge on any atom is -0.308 e. The highest BCUT2D eigenvalue weighted by Gasteiger charge is 2.26. The highest BCUT2D eigenvalue weighted by atomic mass is 15.7. The number of aromatic nitrogens is 3. The minimum absolute atomic E-state index is 0.529. The summed E-state index contributed by atoms with van der Waals surface area (Å²) in [5, 5.41) is 14.6. The summed E-state index contributed by atoms with van der Waals surface area (Å²) in [6.07, 6.45) is 2.28. The van der Waals surface area contributed by atoms with Gasteiger partial charge in [0.2, 0.25) is 0 Å². The van der Waals surface area contributed by atoms with Crippen molar-refractivity contribution < 1.29 is 0 Å². The zero-order valence-electron chi connectivity index (χ0n) is 11.6. The average molecular weight is 259 g/mol. The Kier molecular flexibility index (Phi) is 3.38. The van der Waals surface area contributed by atoms with Gasteiger partial charge in [-0.05, 0) is 30.2 Å². The van der Waals surface area contributed by atoms with Crippen LogP contribution in [0.4, 0.5) is 0 Å². The first-order valence-corrected chi connectivity index (χ1v) is 7.13. The van der Waals surface area contributed by atoms with Gasteiger partial charge in [-0.15, -0.1) is 5.10 Å². The molecule has 0 unspecified atom stereocenters. The second kappa shape index (κ2) is 5.17. The molecule has 2 heterocycles. The van der Waals surface area contributed by atoms with Crippen LogP contribution in [-0.2, 0) is 0 Å². The summed E-state index contributed by atoms with van der Waals surface area (Å²) in [4.78, 5) is 1.97. The van der Waals surface area contributed by atoms with Crippen molar-refractivity contribution in [2.45, 2.75) is 38.8 Å². The Bertz CT molecular complexity index is 538. The Labute approximate surface area is 113 Å². The molecule has 3 rings (SSSR count). The molecular formula is C14H21N5. The number of rotatable bonds is 3. The van der Waals surface area contributed by atoms with E-state index in [0.717, 1.165) is 37.0 Å².